The Bertz CT molecular complexity index is 485. The van der Waals surface area contributed by atoms with Gasteiger partial charge in [0, 0.05) is 6.07 Å². The number of aromatic hydroxyl groups is 1. The monoisotopic (exact) mass is 277 g/mol. The third-order valence-corrected chi connectivity index (χ3v) is 3.29. The predicted molar refractivity (Wildman–Crippen MR) is 62.3 cm³/mol. The Morgan fingerprint density at radius 1 is 1.39 bits per heavy atom. The highest BCUT2D eigenvalue weighted by Crippen LogP contribution is 2.40. The van der Waals surface area contributed by atoms with Gasteiger partial charge < -0.3 is 5.11 Å². The zero-order valence-corrected chi connectivity index (χ0v) is 10.1. The van der Waals surface area contributed by atoms with Crippen LogP contribution in [0.1, 0.15) is 25.0 Å². The van der Waals surface area contributed by atoms with E-state index in [1.807, 2.05) is 0 Å². The Morgan fingerprint density at radius 2 is 2.11 bits per heavy atom. The number of hydrogen-bond acceptors (Lipinski definition) is 2. The first-order valence-corrected chi connectivity index (χ1v) is 5.86. The molecule has 0 aliphatic heterocycles. The molecule has 0 amide bonds. The van der Waals surface area contributed by atoms with E-state index >= 15 is 0 Å². The summed E-state index contributed by atoms with van der Waals surface area (Å²) >= 11 is 5.90. The first kappa shape index (κ1) is 13.2. The van der Waals surface area contributed by atoms with Gasteiger partial charge in [-0.1, -0.05) is 17.7 Å². The van der Waals surface area contributed by atoms with Crippen molar-refractivity contribution < 1.29 is 18.3 Å². The van der Waals surface area contributed by atoms with Crippen molar-refractivity contribution in [1.82, 2.24) is 4.98 Å². The average molecular weight is 278 g/mol. The second kappa shape index (κ2) is 4.80. The van der Waals surface area contributed by atoms with Gasteiger partial charge in [-0.2, -0.15) is 13.2 Å². The van der Waals surface area contributed by atoms with Crippen molar-refractivity contribution in [2.45, 2.75) is 25.4 Å². The van der Waals surface area contributed by atoms with Crippen LogP contribution in [0.25, 0.3) is 5.57 Å². The maximum atomic E-state index is 12.5. The number of nitrogens with zero attached hydrogens (tertiary/aromatic N) is 1. The van der Waals surface area contributed by atoms with E-state index in [1.165, 1.54) is 18.3 Å². The zero-order chi connectivity index (χ0) is 13.3. The molecule has 2 rings (SSSR count). The van der Waals surface area contributed by atoms with Gasteiger partial charge in [0.15, 0.2) is 0 Å². The molecule has 0 aromatic carbocycles. The summed E-state index contributed by atoms with van der Waals surface area (Å²) in [6, 6.07) is 1.33. The van der Waals surface area contributed by atoms with E-state index in [4.69, 9.17) is 16.7 Å². The van der Waals surface area contributed by atoms with Crippen LogP contribution in [0, 0.1) is 5.92 Å². The lowest BCUT2D eigenvalue weighted by atomic mass is 9.88. The SMILES string of the molecule is Oc1cnc(C2=CCC(C(F)(F)F)CC2)c(Cl)c1. The number of halogens is 4. The van der Waals surface area contributed by atoms with Crippen LogP contribution in [0.15, 0.2) is 18.3 Å². The van der Waals surface area contributed by atoms with Crippen molar-refractivity contribution in [3.05, 3.63) is 29.1 Å². The maximum absolute atomic E-state index is 12.5. The van der Waals surface area contributed by atoms with Crippen molar-refractivity contribution in [3.63, 3.8) is 0 Å². The van der Waals surface area contributed by atoms with Gasteiger partial charge in [0.1, 0.15) is 5.75 Å². The maximum Gasteiger partial charge on any atom is 0.392 e. The van der Waals surface area contributed by atoms with E-state index in [2.05, 4.69) is 4.98 Å². The fraction of sp³-hybridized carbons (Fsp3) is 0.417. The highest BCUT2D eigenvalue weighted by Gasteiger charge is 2.39. The predicted octanol–water partition coefficient (Wildman–Crippen LogP) is 4.19. The lowest BCUT2D eigenvalue weighted by Crippen LogP contribution is -2.24. The fourth-order valence-electron chi connectivity index (χ4n) is 2.01. The van der Waals surface area contributed by atoms with E-state index in [9.17, 15) is 13.2 Å². The molecule has 1 N–H and O–H groups in total. The van der Waals surface area contributed by atoms with Crippen LogP contribution >= 0.6 is 11.6 Å². The van der Waals surface area contributed by atoms with Gasteiger partial charge >= 0.3 is 6.18 Å². The molecule has 1 atom stereocenters. The lowest BCUT2D eigenvalue weighted by Gasteiger charge is -2.24. The summed E-state index contributed by atoms with van der Waals surface area (Å²) < 4.78 is 37.5. The van der Waals surface area contributed by atoms with Crippen molar-refractivity contribution in [3.8, 4) is 5.75 Å². The van der Waals surface area contributed by atoms with Crippen LogP contribution in [-0.2, 0) is 0 Å². The van der Waals surface area contributed by atoms with E-state index < -0.39 is 12.1 Å². The number of aromatic nitrogens is 1. The van der Waals surface area contributed by atoms with E-state index in [1.54, 1.807) is 0 Å². The summed E-state index contributed by atoms with van der Waals surface area (Å²) in [5.74, 6) is -1.34. The van der Waals surface area contributed by atoms with Gasteiger partial charge in [-0.15, -0.1) is 0 Å². The fourth-order valence-corrected chi connectivity index (χ4v) is 2.29. The highest BCUT2D eigenvalue weighted by molar-refractivity contribution is 6.32. The Morgan fingerprint density at radius 3 is 2.61 bits per heavy atom. The molecule has 0 spiro atoms. The second-order valence-electron chi connectivity index (χ2n) is 4.27. The lowest BCUT2D eigenvalue weighted by molar-refractivity contribution is -0.175. The molecule has 1 aromatic rings. The van der Waals surface area contributed by atoms with Crippen molar-refractivity contribution in [2.24, 2.45) is 5.92 Å². The minimum Gasteiger partial charge on any atom is -0.506 e. The molecule has 1 unspecified atom stereocenters. The third-order valence-electron chi connectivity index (χ3n) is 3.00. The molecule has 1 heterocycles. The van der Waals surface area contributed by atoms with Gasteiger partial charge in [0.05, 0.1) is 22.8 Å². The zero-order valence-electron chi connectivity index (χ0n) is 9.34. The van der Waals surface area contributed by atoms with Gasteiger partial charge in [-0.3, -0.25) is 4.98 Å². The summed E-state index contributed by atoms with van der Waals surface area (Å²) in [6.07, 6.45) is -1.08. The molecule has 0 saturated heterocycles. The average Bonchev–Trinajstić information content (AvgIpc) is 2.28. The van der Waals surface area contributed by atoms with Crippen LogP contribution in [0.2, 0.25) is 5.02 Å². The minimum absolute atomic E-state index is 0.0439. The Hall–Kier alpha value is -1.23. The molecule has 0 bridgehead atoms. The third kappa shape index (κ3) is 2.77. The largest absolute Gasteiger partial charge is 0.506 e. The van der Waals surface area contributed by atoms with Gasteiger partial charge in [-0.05, 0) is 24.8 Å². The second-order valence-corrected chi connectivity index (χ2v) is 4.67. The Labute approximate surface area is 107 Å². The van der Waals surface area contributed by atoms with Crippen LogP contribution in [0.4, 0.5) is 13.2 Å². The number of allylic oxidation sites excluding steroid dienone is 2. The van der Waals surface area contributed by atoms with Crippen LogP contribution < -0.4 is 0 Å². The first-order valence-electron chi connectivity index (χ1n) is 5.48. The first-order chi connectivity index (χ1) is 8.38. The van der Waals surface area contributed by atoms with Crippen LogP contribution in [0.3, 0.4) is 0 Å². The van der Waals surface area contributed by atoms with Gasteiger partial charge in [0.2, 0.25) is 0 Å². The standard InChI is InChI=1S/C12H11ClF3NO/c13-10-5-9(18)6-17-11(10)7-1-3-8(4-2-7)12(14,15)16/h1,5-6,8,18H,2-4H2. The van der Waals surface area contributed by atoms with Crippen LogP contribution in [0.5, 0.6) is 5.75 Å². The molecule has 1 aliphatic rings. The summed E-state index contributed by atoms with van der Waals surface area (Å²) in [5, 5.41) is 9.43. The molecule has 0 fully saturated rings. The number of hydrogen-bond donors (Lipinski definition) is 1. The summed E-state index contributed by atoms with van der Waals surface area (Å²) in [7, 11) is 0. The normalized spacial score (nSPS) is 20.7. The molecule has 0 radical (unpaired) electrons. The molecular weight excluding hydrogens is 267 g/mol. The molecule has 6 heteroatoms. The van der Waals surface area contributed by atoms with Gasteiger partial charge in [0.25, 0.3) is 0 Å². The minimum atomic E-state index is -4.14. The van der Waals surface area contributed by atoms with Crippen LogP contribution in [-0.4, -0.2) is 16.3 Å². The van der Waals surface area contributed by atoms with E-state index in [0.717, 1.165) is 0 Å². The smallest absolute Gasteiger partial charge is 0.392 e. The quantitative estimate of drug-likeness (QED) is 0.835. The molecule has 1 aliphatic carbocycles. The van der Waals surface area contributed by atoms with E-state index in [-0.39, 0.29) is 23.6 Å². The van der Waals surface area contributed by atoms with Gasteiger partial charge in [-0.25, -0.2) is 0 Å². The highest BCUT2D eigenvalue weighted by atomic mass is 35.5. The summed E-state index contributed by atoms with van der Waals surface area (Å²) in [5.41, 5.74) is 1.16. The molecule has 98 valence electrons. The summed E-state index contributed by atoms with van der Waals surface area (Å²) in [6.45, 7) is 0. The van der Waals surface area contributed by atoms with E-state index in [0.29, 0.717) is 17.7 Å². The molecule has 0 saturated carbocycles. The summed E-state index contributed by atoms with van der Waals surface area (Å²) in [4.78, 5) is 3.96. The molecule has 1 aromatic heterocycles. The number of pyridine rings is 1. The molecular formula is C12H11ClF3NO. The topological polar surface area (TPSA) is 33.1 Å². The Balaban J connectivity index is 2.19. The molecule has 18 heavy (non-hydrogen) atoms. The Kier molecular flexibility index (Phi) is 3.52. The van der Waals surface area contributed by atoms with Crippen molar-refractivity contribution in [2.75, 3.05) is 0 Å². The molecule has 2 nitrogen and oxygen atoms in total. The van der Waals surface area contributed by atoms with Crippen molar-refractivity contribution >= 4 is 17.2 Å². The number of alkyl halides is 3. The number of rotatable bonds is 1. The van der Waals surface area contributed by atoms with Crippen molar-refractivity contribution in [1.29, 1.82) is 0 Å².